The number of likely N-dealkylation sites (tertiary alicyclic amines) is 1. The summed E-state index contributed by atoms with van der Waals surface area (Å²) >= 11 is 0. The molecule has 0 spiro atoms. The molecule has 0 aliphatic carbocycles. The van der Waals surface area contributed by atoms with E-state index in [9.17, 15) is 4.79 Å². The smallest absolute Gasteiger partial charge is 0.263 e. The van der Waals surface area contributed by atoms with Crippen molar-refractivity contribution in [1.29, 1.82) is 0 Å². The van der Waals surface area contributed by atoms with Crippen molar-refractivity contribution in [3.05, 3.63) is 42.0 Å². The minimum Gasteiger partial charge on any atom is -0.497 e. The van der Waals surface area contributed by atoms with Crippen molar-refractivity contribution in [3.63, 3.8) is 0 Å². The fourth-order valence-corrected chi connectivity index (χ4v) is 3.89. The lowest BCUT2D eigenvalue weighted by Gasteiger charge is -2.29. The van der Waals surface area contributed by atoms with E-state index in [2.05, 4.69) is 0 Å². The van der Waals surface area contributed by atoms with Gasteiger partial charge in [-0.15, -0.1) is 0 Å². The maximum Gasteiger partial charge on any atom is 0.263 e. The highest BCUT2D eigenvalue weighted by Gasteiger charge is 2.35. The summed E-state index contributed by atoms with van der Waals surface area (Å²) in [7, 11) is 3.25. The van der Waals surface area contributed by atoms with Gasteiger partial charge in [-0.1, -0.05) is 0 Å². The van der Waals surface area contributed by atoms with Crippen molar-refractivity contribution in [3.8, 4) is 28.7 Å². The number of nitrogens with zero attached hydrogens (tertiary/aromatic N) is 1. The van der Waals surface area contributed by atoms with Gasteiger partial charge in [0, 0.05) is 24.2 Å². The van der Waals surface area contributed by atoms with Gasteiger partial charge in [-0.3, -0.25) is 4.79 Å². The van der Waals surface area contributed by atoms with E-state index in [0.717, 1.165) is 29.9 Å². The number of ether oxygens (including phenoxy) is 5. The standard InChI is InChI=1S/C22H25NO6/c1-14(29-16-7-9-19-21(12-16)28-13-27-19)22(24)23-10-4-5-18(23)17-8-6-15(25-2)11-20(17)26-3/h6-9,11-12,14,18H,4-5,10,13H2,1-3H3/t14-,18+/m0/s1. The second-order valence-electron chi connectivity index (χ2n) is 7.07. The van der Waals surface area contributed by atoms with Crippen molar-refractivity contribution >= 4 is 5.91 Å². The monoisotopic (exact) mass is 399 g/mol. The van der Waals surface area contributed by atoms with Crippen molar-refractivity contribution in [2.24, 2.45) is 0 Å². The molecule has 0 unspecified atom stereocenters. The molecule has 2 atom stereocenters. The Balaban J connectivity index is 1.50. The fourth-order valence-electron chi connectivity index (χ4n) is 3.89. The largest absolute Gasteiger partial charge is 0.497 e. The van der Waals surface area contributed by atoms with Crippen LogP contribution in [-0.2, 0) is 4.79 Å². The Kier molecular flexibility index (Phi) is 5.38. The molecule has 1 fully saturated rings. The lowest BCUT2D eigenvalue weighted by molar-refractivity contribution is -0.139. The van der Waals surface area contributed by atoms with Gasteiger partial charge in [-0.05, 0) is 44.0 Å². The molecule has 0 N–H and O–H groups in total. The summed E-state index contributed by atoms with van der Waals surface area (Å²) < 4.78 is 27.4. The first-order valence-electron chi connectivity index (χ1n) is 9.69. The minimum absolute atomic E-state index is 0.0499. The Bertz CT molecular complexity index is 899. The maximum atomic E-state index is 13.2. The van der Waals surface area contributed by atoms with Gasteiger partial charge in [0.15, 0.2) is 17.6 Å². The van der Waals surface area contributed by atoms with E-state index < -0.39 is 6.10 Å². The van der Waals surface area contributed by atoms with Gasteiger partial charge in [0.05, 0.1) is 20.3 Å². The quantitative estimate of drug-likeness (QED) is 0.740. The number of hydrogen-bond donors (Lipinski definition) is 0. The van der Waals surface area contributed by atoms with Crippen LogP contribution in [0.25, 0.3) is 0 Å². The Morgan fingerprint density at radius 2 is 1.86 bits per heavy atom. The average Bonchev–Trinajstić information content (AvgIpc) is 3.41. The second-order valence-corrected chi connectivity index (χ2v) is 7.07. The van der Waals surface area contributed by atoms with Crippen molar-refractivity contribution in [1.82, 2.24) is 4.90 Å². The SMILES string of the molecule is COc1ccc([C@H]2CCCN2C(=O)[C@H](C)Oc2ccc3c(c2)OCO3)c(OC)c1. The van der Waals surface area contributed by atoms with Crippen LogP contribution in [0, 0.1) is 0 Å². The topological polar surface area (TPSA) is 66.5 Å². The number of benzene rings is 2. The normalized spacial score (nSPS) is 18.4. The Labute approximate surface area is 170 Å². The fraction of sp³-hybridized carbons (Fsp3) is 0.409. The average molecular weight is 399 g/mol. The van der Waals surface area contributed by atoms with Crippen LogP contribution in [0.2, 0.25) is 0 Å². The molecular formula is C22H25NO6. The third-order valence-corrected chi connectivity index (χ3v) is 5.34. The maximum absolute atomic E-state index is 13.2. The lowest BCUT2D eigenvalue weighted by Crippen LogP contribution is -2.40. The molecule has 0 radical (unpaired) electrons. The summed E-state index contributed by atoms with van der Waals surface area (Å²) in [5, 5.41) is 0. The predicted octanol–water partition coefficient (Wildman–Crippen LogP) is 3.56. The molecule has 2 heterocycles. The molecule has 154 valence electrons. The molecule has 7 heteroatoms. The molecular weight excluding hydrogens is 374 g/mol. The number of rotatable bonds is 6. The van der Waals surface area contributed by atoms with Gasteiger partial charge in [0.1, 0.15) is 17.2 Å². The van der Waals surface area contributed by atoms with Crippen molar-refractivity contribution in [2.45, 2.75) is 31.9 Å². The highest BCUT2D eigenvalue weighted by molar-refractivity contribution is 5.82. The highest BCUT2D eigenvalue weighted by atomic mass is 16.7. The number of amides is 1. The van der Waals surface area contributed by atoms with Crippen LogP contribution in [0.1, 0.15) is 31.4 Å². The number of carbonyl (C=O) groups is 1. The molecule has 2 aromatic rings. The molecule has 2 aliphatic heterocycles. The third-order valence-electron chi connectivity index (χ3n) is 5.34. The molecule has 0 bridgehead atoms. The lowest BCUT2D eigenvalue weighted by atomic mass is 10.0. The van der Waals surface area contributed by atoms with Gasteiger partial charge in [0.2, 0.25) is 6.79 Å². The Morgan fingerprint density at radius 3 is 2.66 bits per heavy atom. The molecule has 1 amide bonds. The van der Waals surface area contributed by atoms with E-state index in [1.807, 2.05) is 23.1 Å². The molecule has 2 aromatic carbocycles. The summed E-state index contributed by atoms with van der Waals surface area (Å²) in [5.74, 6) is 3.28. The van der Waals surface area contributed by atoms with E-state index in [1.165, 1.54) is 0 Å². The molecule has 0 aromatic heterocycles. The predicted molar refractivity (Wildman–Crippen MR) is 106 cm³/mol. The Morgan fingerprint density at radius 1 is 1.07 bits per heavy atom. The first-order chi connectivity index (χ1) is 14.1. The molecule has 7 nitrogen and oxygen atoms in total. The second kappa shape index (κ2) is 8.11. The van der Waals surface area contributed by atoms with Crippen LogP contribution in [0.15, 0.2) is 36.4 Å². The summed E-state index contributed by atoms with van der Waals surface area (Å²) in [6, 6.07) is 11.0. The van der Waals surface area contributed by atoms with Crippen LogP contribution in [0.3, 0.4) is 0 Å². The summed E-state index contributed by atoms with van der Waals surface area (Å²) in [6.07, 6.45) is 1.19. The van der Waals surface area contributed by atoms with Crippen LogP contribution in [0.5, 0.6) is 28.7 Å². The molecule has 0 saturated carbocycles. The van der Waals surface area contributed by atoms with E-state index in [0.29, 0.717) is 23.8 Å². The summed E-state index contributed by atoms with van der Waals surface area (Å²) in [4.78, 5) is 15.0. The van der Waals surface area contributed by atoms with Gasteiger partial charge in [-0.2, -0.15) is 0 Å². The number of hydrogen-bond acceptors (Lipinski definition) is 6. The molecule has 4 rings (SSSR count). The van der Waals surface area contributed by atoms with E-state index in [-0.39, 0.29) is 18.7 Å². The molecule has 29 heavy (non-hydrogen) atoms. The first-order valence-corrected chi connectivity index (χ1v) is 9.69. The zero-order chi connectivity index (χ0) is 20.4. The van der Waals surface area contributed by atoms with Crippen LogP contribution >= 0.6 is 0 Å². The Hall–Kier alpha value is -3.09. The van der Waals surface area contributed by atoms with Crippen LogP contribution in [-0.4, -0.2) is 44.5 Å². The van der Waals surface area contributed by atoms with E-state index >= 15 is 0 Å². The van der Waals surface area contributed by atoms with Crippen LogP contribution in [0.4, 0.5) is 0 Å². The number of carbonyl (C=O) groups excluding carboxylic acids is 1. The number of methoxy groups -OCH3 is 2. The molecule has 2 aliphatic rings. The van der Waals surface area contributed by atoms with E-state index in [1.54, 1.807) is 39.3 Å². The van der Waals surface area contributed by atoms with Crippen molar-refractivity contribution in [2.75, 3.05) is 27.6 Å². The van der Waals surface area contributed by atoms with Gasteiger partial charge < -0.3 is 28.6 Å². The first kappa shape index (κ1) is 19.2. The van der Waals surface area contributed by atoms with Gasteiger partial charge >= 0.3 is 0 Å². The minimum atomic E-state index is -0.625. The van der Waals surface area contributed by atoms with Crippen LogP contribution < -0.4 is 23.7 Å². The highest BCUT2D eigenvalue weighted by Crippen LogP contribution is 2.39. The van der Waals surface area contributed by atoms with Gasteiger partial charge in [-0.25, -0.2) is 0 Å². The zero-order valence-corrected chi connectivity index (χ0v) is 16.8. The zero-order valence-electron chi connectivity index (χ0n) is 16.8. The summed E-state index contributed by atoms with van der Waals surface area (Å²) in [5.41, 5.74) is 0.981. The third kappa shape index (κ3) is 3.77. The van der Waals surface area contributed by atoms with E-state index in [4.69, 9.17) is 23.7 Å². The number of fused-ring (bicyclic) bond motifs is 1. The molecule has 1 saturated heterocycles. The summed E-state index contributed by atoms with van der Waals surface area (Å²) in [6.45, 7) is 2.66. The van der Waals surface area contributed by atoms with Crippen molar-refractivity contribution < 1.29 is 28.5 Å². The van der Waals surface area contributed by atoms with Gasteiger partial charge in [0.25, 0.3) is 5.91 Å².